The minimum Gasteiger partial charge on any atom is -0.378 e. The maximum absolute atomic E-state index is 12.3. The Balaban J connectivity index is 0.00000132. The van der Waals surface area contributed by atoms with E-state index in [0.29, 0.717) is 0 Å². The van der Waals surface area contributed by atoms with E-state index in [0.717, 1.165) is 51.4 Å². The van der Waals surface area contributed by atoms with Crippen molar-refractivity contribution in [1.82, 2.24) is 5.32 Å². The van der Waals surface area contributed by atoms with Crippen molar-refractivity contribution in [2.75, 3.05) is 43.1 Å². The van der Waals surface area contributed by atoms with Gasteiger partial charge < -0.3 is 20.3 Å². The number of anilines is 2. The molecule has 0 bridgehead atoms. The standard InChI is InChI=1S/C16H23N3O2.2ClH/c1-16(7-2-8-17-16)15(20)18-13-3-5-14(6-4-13)19-9-11-21-12-10-19;;/h3-6,17H,2,7-12H2,1H3,(H,18,20);2*1H. The lowest BCUT2D eigenvalue weighted by Crippen LogP contribution is -2.47. The van der Waals surface area contributed by atoms with Crippen molar-refractivity contribution in [3.8, 4) is 0 Å². The molecule has 2 heterocycles. The molecule has 0 spiro atoms. The third-order valence-corrected chi connectivity index (χ3v) is 4.37. The summed E-state index contributed by atoms with van der Waals surface area (Å²) in [4.78, 5) is 14.6. The molecule has 23 heavy (non-hydrogen) atoms. The lowest BCUT2D eigenvalue weighted by atomic mass is 9.99. The highest BCUT2D eigenvalue weighted by molar-refractivity contribution is 5.98. The van der Waals surface area contributed by atoms with Crippen molar-refractivity contribution >= 4 is 42.1 Å². The van der Waals surface area contributed by atoms with Crippen LogP contribution < -0.4 is 15.5 Å². The van der Waals surface area contributed by atoms with E-state index in [1.807, 2.05) is 19.1 Å². The number of carbonyl (C=O) groups is 1. The van der Waals surface area contributed by atoms with Crippen LogP contribution in [-0.2, 0) is 9.53 Å². The zero-order valence-corrected chi connectivity index (χ0v) is 15.0. The molecule has 0 aliphatic carbocycles. The summed E-state index contributed by atoms with van der Waals surface area (Å²) in [6.45, 7) is 6.30. The van der Waals surface area contributed by atoms with Gasteiger partial charge in [0.05, 0.1) is 18.8 Å². The first-order valence-corrected chi connectivity index (χ1v) is 7.67. The second-order valence-electron chi connectivity index (χ2n) is 5.96. The number of nitrogens with zero attached hydrogens (tertiary/aromatic N) is 1. The average Bonchev–Trinajstić information content (AvgIpc) is 2.97. The van der Waals surface area contributed by atoms with E-state index in [1.165, 1.54) is 5.69 Å². The maximum atomic E-state index is 12.3. The molecule has 130 valence electrons. The first-order valence-electron chi connectivity index (χ1n) is 7.67. The quantitative estimate of drug-likeness (QED) is 0.867. The molecule has 0 saturated carbocycles. The van der Waals surface area contributed by atoms with E-state index in [-0.39, 0.29) is 30.7 Å². The van der Waals surface area contributed by atoms with Gasteiger partial charge in [-0.05, 0) is 50.6 Å². The van der Waals surface area contributed by atoms with Gasteiger partial charge in [-0.15, -0.1) is 24.8 Å². The molecule has 2 N–H and O–H groups in total. The minimum absolute atomic E-state index is 0. The molecule has 1 amide bonds. The summed E-state index contributed by atoms with van der Waals surface area (Å²) < 4.78 is 5.36. The molecule has 0 radical (unpaired) electrons. The predicted molar refractivity (Wildman–Crippen MR) is 98.2 cm³/mol. The fourth-order valence-corrected chi connectivity index (χ4v) is 2.93. The zero-order valence-electron chi connectivity index (χ0n) is 13.3. The van der Waals surface area contributed by atoms with Gasteiger partial charge in [0, 0.05) is 24.5 Å². The summed E-state index contributed by atoms with van der Waals surface area (Å²) in [5, 5.41) is 6.29. The fraction of sp³-hybridized carbons (Fsp3) is 0.562. The smallest absolute Gasteiger partial charge is 0.244 e. The second-order valence-corrected chi connectivity index (χ2v) is 5.96. The highest BCUT2D eigenvalue weighted by Gasteiger charge is 2.35. The summed E-state index contributed by atoms with van der Waals surface area (Å²) in [5.41, 5.74) is 1.61. The topological polar surface area (TPSA) is 53.6 Å². The van der Waals surface area contributed by atoms with Crippen LogP contribution in [0.15, 0.2) is 24.3 Å². The van der Waals surface area contributed by atoms with Crippen LogP contribution in [0.4, 0.5) is 11.4 Å². The molecule has 2 saturated heterocycles. The molecular formula is C16H25Cl2N3O2. The number of ether oxygens (including phenoxy) is 1. The van der Waals surface area contributed by atoms with Crippen LogP contribution >= 0.6 is 24.8 Å². The van der Waals surface area contributed by atoms with Crippen LogP contribution in [0.2, 0.25) is 0 Å². The van der Waals surface area contributed by atoms with Gasteiger partial charge in [0.1, 0.15) is 0 Å². The van der Waals surface area contributed by atoms with Gasteiger partial charge in [-0.1, -0.05) is 0 Å². The Morgan fingerprint density at radius 3 is 2.43 bits per heavy atom. The zero-order chi connectivity index (χ0) is 14.7. The van der Waals surface area contributed by atoms with Crippen LogP contribution in [0.5, 0.6) is 0 Å². The van der Waals surface area contributed by atoms with Crippen LogP contribution in [-0.4, -0.2) is 44.3 Å². The van der Waals surface area contributed by atoms with Crippen molar-refractivity contribution in [1.29, 1.82) is 0 Å². The second kappa shape index (κ2) is 8.73. The lowest BCUT2D eigenvalue weighted by molar-refractivity contribution is -0.121. The van der Waals surface area contributed by atoms with E-state index < -0.39 is 5.54 Å². The molecule has 7 heteroatoms. The van der Waals surface area contributed by atoms with Crippen molar-refractivity contribution in [3.05, 3.63) is 24.3 Å². The van der Waals surface area contributed by atoms with Gasteiger partial charge in [0.2, 0.25) is 5.91 Å². The van der Waals surface area contributed by atoms with Crippen molar-refractivity contribution in [3.63, 3.8) is 0 Å². The number of carbonyl (C=O) groups excluding carboxylic acids is 1. The van der Waals surface area contributed by atoms with E-state index in [4.69, 9.17) is 4.74 Å². The normalized spacial score (nSPS) is 23.6. The van der Waals surface area contributed by atoms with Crippen molar-refractivity contribution < 1.29 is 9.53 Å². The van der Waals surface area contributed by atoms with E-state index in [9.17, 15) is 4.79 Å². The monoisotopic (exact) mass is 361 g/mol. The number of halogens is 2. The largest absolute Gasteiger partial charge is 0.378 e. The molecule has 1 atom stereocenters. The van der Waals surface area contributed by atoms with Gasteiger partial charge in [-0.25, -0.2) is 0 Å². The van der Waals surface area contributed by atoms with Crippen LogP contribution in [0.3, 0.4) is 0 Å². The van der Waals surface area contributed by atoms with Gasteiger partial charge in [-0.2, -0.15) is 0 Å². The number of rotatable bonds is 3. The van der Waals surface area contributed by atoms with Crippen LogP contribution in [0.1, 0.15) is 19.8 Å². The third-order valence-electron chi connectivity index (χ3n) is 4.37. The SMILES string of the molecule is CC1(C(=O)Nc2ccc(N3CCOCC3)cc2)CCCN1.Cl.Cl. The van der Waals surface area contributed by atoms with Gasteiger partial charge in [0.25, 0.3) is 0 Å². The highest BCUT2D eigenvalue weighted by Crippen LogP contribution is 2.23. The third kappa shape index (κ3) is 4.73. The first kappa shape index (κ1) is 20.0. The van der Waals surface area contributed by atoms with E-state index in [1.54, 1.807) is 0 Å². The van der Waals surface area contributed by atoms with Crippen molar-refractivity contribution in [2.24, 2.45) is 0 Å². The predicted octanol–water partition coefficient (Wildman–Crippen LogP) is 2.45. The number of hydrogen-bond acceptors (Lipinski definition) is 4. The molecule has 2 aliphatic heterocycles. The average molecular weight is 362 g/mol. The van der Waals surface area contributed by atoms with Gasteiger partial charge in [-0.3, -0.25) is 4.79 Å². The fourth-order valence-electron chi connectivity index (χ4n) is 2.93. The number of morpholine rings is 1. The Labute approximate surface area is 150 Å². The number of hydrogen-bond donors (Lipinski definition) is 2. The molecule has 5 nitrogen and oxygen atoms in total. The summed E-state index contributed by atoms with van der Waals surface area (Å²) in [6.07, 6.45) is 1.95. The number of amides is 1. The Hall–Kier alpha value is -1.01. The lowest BCUT2D eigenvalue weighted by Gasteiger charge is -2.29. The number of nitrogens with one attached hydrogen (secondary N) is 2. The summed E-state index contributed by atoms with van der Waals surface area (Å²) >= 11 is 0. The summed E-state index contributed by atoms with van der Waals surface area (Å²) in [5.74, 6) is 0.0547. The Kier molecular flexibility index (Phi) is 7.61. The van der Waals surface area contributed by atoms with E-state index in [2.05, 4.69) is 27.7 Å². The Morgan fingerprint density at radius 1 is 1.22 bits per heavy atom. The first-order chi connectivity index (χ1) is 10.2. The molecule has 1 unspecified atom stereocenters. The molecule has 2 fully saturated rings. The maximum Gasteiger partial charge on any atom is 0.244 e. The molecule has 0 aromatic heterocycles. The molecule has 1 aromatic rings. The molecule has 1 aromatic carbocycles. The van der Waals surface area contributed by atoms with Crippen LogP contribution in [0.25, 0.3) is 0 Å². The molecule has 3 rings (SSSR count). The highest BCUT2D eigenvalue weighted by atomic mass is 35.5. The van der Waals surface area contributed by atoms with Crippen molar-refractivity contribution in [2.45, 2.75) is 25.3 Å². The molecular weight excluding hydrogens is 337 g/mol. The summed E-state index contributed by atoms with van der Waals surface area (Å²) in [7, 11) is 0. The van der Waals surface area contributed by atoms with Crippen LogP contribution in [0, 0.1) is 0 Å². The van der Waals surface area contributed by atoms with Gasteiger partial charge in [0.15, 0.2) is 0 Å². The number of benzene rings is 1. The van der Waals surface area contributed by atoms with E-state index >= 15 is 0 Å². The minimum atomic E-state index is -0.428. The summed E-state index contributed by atoms with van der Waals surface area (Å²) in [6, 6.07) is 8.07. The molecule has 2 aliphatic rings. The Morgan fingerprint density at radius 2 is 1.87 bits per heavy atom. The van der Waals surface area contributed by atoms with Gasteiger partial charge >= 0.3 is 0 Å². The Bertz CT molecular complexity index is 499.